The number of aliphatic hydroxyl groups is 2. The van der Waals surface area contributed by atoms with Gasteiger partial charge in [0.1, 0.15) is 0 Å². The molecule has 0 spiro atoms. The van der Waals surface area contributed by atoms with Gasteiger partial charge in [-0.1, -0.05) is 11.3 Å². The van der Waals surface area contributed by atoms with Crippen LogP contribution >= 0.6 is 11.3 Å². The zero-order valence-electron chi connectivity index (χ0n) is 8.04. The third-order valence-electron chi connectivity index (χ3n) is 1.48. The van der Waals surface area contributed by atoms with Gasteiger partial charge >= 0.3 is 5.97 Å². The van der Waals surface area contributed by atoms with E-state index < -0.39 is 12.3 Å². The molecular formula is C8H11NO5S. The Labute approximate surface area is 90.1 Å². The number of esters is 1. The van der Waals surface area contributed by atoms with E-state index in [0.717, 1.165) is 11.3 Å². The molecule has 0 radical (unpaired) electrons. The Morgan fingerprint density at radius 2 is 2.40 bits per heavy atom. The predicted molar refractivity (Wildman–Crippen MR) is 51.8 cm³/mol. The van der Waals surface area contributed by atoms with Gasteiger partial charge in [0.15, 0.2) is 12.0 Å². The molecule has 84 valence electrons. The fourth-order valence-corrected chi connectivity index (χ4v) is 1.44. The standard InChI is InChI=1S/C8H11NO5S/c1-13-7(12)5-4-15-8(9-5)14-3-2-6(10)11/h4,6,10-11H,2-3H2,1H3. The monoisotopic (exact) mass is 233 g/mol. The van der Waals surface area contributed by atoms with E-state index >= 15 is 0 Å². The molecule has 0 saturated carbocycles. The summed E-state index contributed by atoms with van der Waals surface area (Å²) in [6.45, 7) is 0.131. The van der Waals surface area contributed by atoms with Crippen molar-refractivity contribution < 1.29 is 24.5 Å². The number of aromatic nitrogens is 1. The second kappa shape index (κ2) is 5.64. The predicted octanol–water partition coefficient (Wildman–Crippen LogP) is 0.00930. The summed E-state index contributed by atoms with van der Waals surface area (Å²) in [4.78, 5) is 14.8. The molecule has 1 heterocycles. The molecule has 1 aromatic rings. The highest BCUT2D eigenvalue weighted by Gasteiger charge is 2.11. The lowest BCUT2D eigenvalue weighted by Crippen LogP contribution is -2.10. The van der Waals surface area contributed by atoms with Gasteiger partial charge < -0.3 is 19.7 Å². The minimum Gasteiger partial charge on any atom is -0.470 e. The summed E-state index contributed by atoms with van der Waals surface area (Å²) < 4.78 is 9.53. The van der Waals surface area contributed by atoms with E-state index in [4.69, 9.17) is 14.9 Å². The van der Waals surface area contributed by atoms with Crippen molar-refractivity contribution in [3.8, 4) is 5.19 Å². The second-order valence-electron chi connectivity index (χ2n) is 2.61. The molecule has 0 saturated heterocycles. The van der Waals surface area contributed by atoms with Gasteiger partial charge in [-0.05, 0) is 0 Å². The fourth-order valence-electron chi connectivity index (χ4n) is 0.774. The second-order valence-corrected chi connectivity index (χ2v) is 3.43. The lowest BCUT2D eigenvalue weighted by Gasteiger charge is -2.02. The van der Waals surface area contributed by atoms with Crippen LogP contribution in [0.25, 0.3) is 0 Å². The normalized spacial score (nSPS) is 10.4. The highest BCUT2D eigenvalue weighted by Crippen LogP contribution is 2.18. The van der Waals surface area contributed by atoms with Crippen molar-refractivity contribution in [2.45, 2.75) is 12.7 Å². The number of hydrogen-bond donors (Lipinski definition) is 2. The summed E-state index contributed by atoms with van der Waals surface area (Å²) >= 11 is 1.15. The molecule has 0 atom stereocenters. The van der Waals surface area contributed by atoms with Gasteiger partial charge in [0.25, 0.3) is 5.19 Å². The molecule has 0 bridgehead atoms. The lowest BCUT2D eigenvalue weighted by molar-refractivity contribution is -0.0520. The van der Waals surface area contributed by atoms with Crippen molar-refractivity contribution in [1.82, 2.24) is 4.98 Å². The van der Waals surface area contributed by atoms with Crippen LogP contribution in [-0.4, -0.2) is 41.2 Å². The zero-order chi connectivity index (χ0) is 11.3. The number of nitrogens with zero attached hydrogens (tertiary/aromatic N) is 1. The Hall–Kier alpha value is -1.18. The molecule has 1 rings (SSSR count). The van der Waals surface area contributed by atoms with Crippen molar-refractivity contribution in [2.75, 3.05) is 13.7 Å². The molecule has 0 unspecified atom stereocenters. The van der Waals surface area contributed by atoms with Crippen LogP contribution in [0.5, 0.6) is 5.19 Å². The largest absolute Gasteiger partial charge is 0.470 e. The Balaban J connectivity index is 2.43. The van der Waals surface area contributed by atoms with Crippen LogP contribution in [0.2, 0.25) is 0 Å². The number of ether oxygens (including phenoxy) is 2. The quantitative estimate of drug-likeness (QED) is 0.550. The SMILES string of the molecule is COC(=O)c1csc(OCCC(O)O)n1. The molecule has 6 nitrogen and oxygen atoms in total. The summed E-state index contributed by atoms with van der Waals surface area (Å²) in [6, 6.07) is 0. The number of rotatable bonds is 5. The van der Waals surface area contributed by atoms with Gasteiger partial charge in [0, 0.05) is 11.8 Å². The van der Waals surface area contributed by atoms with E-state index in [2.05, 4.69) is 9.72 Å². The third kappa shape index (κ3) is 3.82. The van der Waals surface area contributed by atoms with Crippen LogP contribution in [-0.2, 0) is 4.74 Å². The highest BCUT2D eigenvalue weighted by atomic mass is 32.1. The number of hydrogen-bond acceptors (Lipinski definition) is 7. The number of aliphatic hydroxyl groups excluding tert-OH is 1. The maximum Gasteiger partial charge on any atom is 0.357 e. The number of carbonyl (C=O) groups excluding carboxylic acids is 1. The Morgan fingerprint density at radius 1 is 1.67 bits per heavy atom. The van der Waals surface area contributed by atoms with Gasteiger partial charge in [-0.3, -0.25) is 0 Å². The first kappa shape index (κ1) is 11.9. The van der Waals surface area contributed by atoms with Crippen molar-refractivity contribution in [1.29, 1.82) is 0 Å². The lowest BCUT2D eigenvalue weighted by atomic mass is 10.4. The van der Waals surface area contributed by atoms with Crippen LogP contribution < -0.4 is 4.74 Å². The van der Waals surface area contributed by atoms with Crippen molar-refractivity contribution >= 4 is 17.3 Å². The van der Waals surface area contributed by atoms with Crippen LogP contribution in [0, 0.1) is 0 Å². The molecule has 15 heavy (non-hydrogen) atoms. The van der Waals surface area contributed by atoms with Crippen LogP contribution in [0.15, 0.2) is 5.38 Å². The van der Waals surface area contributed by atoms with E-state index in [1.165, 1.54) is 12.5 Å². The number of methoxy groups -OCH3 is 1. The smallest absolute Gasteiger partial charge is 0.357 e. The van der Waals surface area contributed by atoms with Gasteiger partial charge in [-0.25, -0.2) is 4.79 Å². The molecule has 0 aliphatic rings. The summed E-state index contributed by atoms with van der Waals surface area (Å²) in [5, 5.41) is 18.9. The van der Waals surface area contributed by atoms with Crippen LogP contribution in [0.3, 0.4) is 0 Å². The van der Waals surface area contributed by atoms with E-state index in [1.807, 2.05) is 0 Å². The van der Waals surface area contributed by atoms with E-state index in [-0.39, 0.29) is 18.7 Å². The molecule has 0 aliphatic carbocycles. The molecule has 2 N–H and O–H groups in total. The van der Waals surface area contributed by atoms with Crippen molar-refractivity contribution in [2.24, 2.45) is 0 Å². The highest BCUT2D eigenvalue weighted by molar-refractivity contribution is 7.11. The topological polar surface area (TPSA) is 88.9 Å². The van der Waals surface area contributed by atoms with Gasteiger partial charge in [0.05, 0.1) is 13.7 Å². The van der Waals surface area contributed by atoms with Gasteiger partial charge in [-0.15, -0.1) is 0 Å². The Morgan fingerprint density at radius 3 is 3.00 bits per heavy atom. The fraction of sp³-hybridized carbons (Fsp3) is 0.500. The molecule has 7 heteroatoms. The molecule has 0 aromatic carbocycles. The number of thiazole rings is 1. The molecule has 0 aliphatic heterocycles. The summed E-state index contributed by atoms with van der Waals surface area (Å²) in [6.07, 6.45) is -1.31. The summed E-state index contributed by atoms with van der Waals surface area (Å²) in [7, 11) is 1.27. The first-order chi connectivity index (χ1) is 7.13. The molecule has 0 amide bonds. The van der Waals surface area contributed by atoms with Crippen LogP contribution in [0.1, 0.15) is 16.9 Å². The van der Waals surface area contributed by atoms with Gasteiger partial charge in [-0.2, -0.15) is 4.98 Å². The maximum absolute atomic E-state index is 11.0. The maximum atomic E-state index is 11.0. The molecule has 0 fully saturated rings. The average Bonchev–Trinajstić information content (AvgIpc) is 2.65. The summed E-state index contributed by atoms with van der Waals surface area (Å²) in [5.74, 6) is -0.525. The minimum atomic E-state index is -1.40. The first-order valence-electron chi connectivity index (χ1n) is 4.16. The van der Waals surface area contributed by atoms with E-state index in [1.54, 1.807) is 0 Å². The summed E-state index contributed by atoms with van der Waals surface area (Å²) in [5.41, 5.74) is 0.182. The third-order valence-corrected chi connectivity index (χ3v) is 2.23. The van der Waals surface area contributed by atoms with Crippen LogP contribution in [0.4, 0.5) is 0 Å². The van der Waals surface area contributed by atoms with E-state index in [9.17, 15) is 4.79 Å². The zero-order valence-corrected chi connectivity index (χ0v) is 8.86. The minimum absolute atomic E-state index is 0.0904. The molecule has 1 aromatic heterocycles. The Kier molecular flexibility index (Phi) is 4.47. The average molecular weight is 233 g/mol. The number of carbonyl (C=O) groups is 1. The Bertz CT molecular complexity index is 325. The first-order valence-corrected chi connectivity index (χ1v) is 5.04. The van der Waals surface area contributed by atoms with Crippen molar-refractivity contribution in [3.05, 3.63) is 11.1 Å². The van der Waals surface area contributed by atoms with E-state index in [0.29, 0.717) is 5.19 Å². The molecular weight excluding hydrogens is 222 g/mol. The van der Waals surface area contributed by atoms with Gasteiger partial charge in [0.2, 0.25) is 0 Å². The van der Waals surface area contributed by atoms with Crippen molar-refractivity contribution in [3.63, 3.8) is 0 Å².